The lowest BCUT2D eigenvalue weighted by molar-refractivity contribution is -0.119. The van der Waals surface area contributed by atoms with E-state index in [0.29, 0.717) is 25.2 Å². The smallest absolute Gasteiger partial charge is 0.191 e. The molecule has 0 heterocycles. The van der Waals surface area contributed by atoms with Crippen LogP contribution in [-0.2, 0) is 9.22 Å². The minimum absolute atomic E-state index is 0.316. The largest absolute Gasteiger partial charge is 0.416 e. The molecule has 0 spiro atoms. The first-order chi connectivity index (χ1) is 6.64. The first-order valence-electron chi connectivity index (χ1n) is 5.79. The van der Waals surface area contributed by atoms with Crippen molar-refractivity contribution in [3.63, 3.8) is 0 Å². The van der Waals surface area contributed by atoms with Crippen molar-refractivity contribution < 1.29 is 9.22 Å². The van der Waals surface area contributed by atoms with Crippen molar-refractivity contribution in [2.24, 2.45) is 0 Å². The van der Waals surface area contributed by atoms with Crippen LogP contribution in [0.15, 0.2) is 0 Å². The summed E-state index contributed by atoms with van der Waals surface area (Å²) in [5.41, 5.74) is 0. The quantitative estimate of drug-likeness (QED) is 0.581. The highest BCUT2D eigenvalue weighted by Gasteiger charge is 2.28. The van der Waals surface area contributed by atoms with E-state index in [1.165, 1.54) is 18.1 Å². The molecule has 0 aromatic carbocycles. The average molecular weight is 216 g/mol. The van der Waals surface area contributed by atoms with Crippen LogP contribution in [0.4, 0.5) is 0 Å². The number of Topliss-reactive ketones (excluding diaryl/α,β-unsaturated/α-hetero) is 1. The van der Waals surface area contributed by atoms with Crippen LogP contribution in [0.5, 0.6) is 0 Å². The van der Waals surface area contributed by atoms with Gasteiger partial charge in [-0.2, -0.15) is 0 Å². The number of hydrogen-bond donors (Lipinski definition) is 0. The van der Waals surface area contributed by atoms with Gasteiger partial charge < -0.3 is 4.43 Å². The highest BCUT2D eigenvalue weighted by atomic mass is 28.4. The number of hydrogen-bond acceptors (Lipinski definition) is 2. The minimum atomic E-state index is -1.45. The third-order valence-electron chi connectivity index (χ3n) is 3.12. The highest BCUT2D eigenvalue weighted by Crippen LogP contribution is 2.21. The fourth-order valence-electron chi connectivity index (χ4n) is 1.61. The van der Waals surface area contributed by atoms with Gasteiger partial charge in [0.05, 0.1) is 0 Å². The van der Waals surface area contributed by atoms with Gasteiger partial charge in [0.1, 0.15) is 5.78 Å². The van der Waals surface area contributed by atoms with E-state index in [-0.39, 0.29) is 0 Å². The summed E-state index contributed by atoms with van der Waals surface area (Å²) in [5, 5.41) is 0. The summed E-state index contributed by atoms with van der Waals surface area (Å²) in [6.07, 6.45) is 1.24. The van der Waals surface area contributed by atoms with Crippen LogP contribution >= 0.6 is 0 Å². The monoisotopic (exact) mass is 216 g/mol. The van der Waals surface area contributed by atoms with E-state index < -0.39 is 8.32 Å². The van der Waals surface area contributed by atoms with E-state index in [2.05, 4.69) is 20.8 Å². The molecule has 3 heteroatoms. The molecule has 0 atom stereocenters. The summed E-state index contributed by atoms with van der Waals surface area (Å²) in [5.74, 6) is 0.316. The Kier molecular flexibility index (Phi) is 7.10. The van der Waals surface area contributed by atoms with Gasteiger partial charge in [-0.25, -0.2) is 0 Å². The van der Waals surface area contributed by atoms with E-state index in [1.807, 2.05) is 6.92 Å². The zero-order valence-corrected chi connectivity index (χ0v) is 11.1. The van der Waals surface area contributed by atoms with Crippen molar-refractivity contribution in [2.45, 2.75) is 58.7 Å². The molecule has 0 aliphatic rings. The predicted octanol–water partition coefficient (Wildman–Crippen LogP) is 3.38. The van der Waals surface area contributed by atoms with E-state index in [1.54, 1.807) is 0 Å². The van der Waals surface area contributed by atoms with Crippen LogP contribution in [0, 0.1) is 0 Å². The van der Waals surface area contributed by atoms with Crippen molar-refractivity contribution >= 4 is 14.1 Å². The summed E-state index contributed by atoms with van der Waals surface area (Å²) in [4.78, 5) is 11.1. The van der Waals surface area contributed by atoms with Gasteiger partial charge in [0.25, 0.3) is 0 Å². The van der Waals surface area contributed by atoms with Gasteiger partial charge in [-0.1, -0.05) is 27.7 Å². The standard InChI is InChI=1S/C11H24O2Si/c1-5-11(12)9-10-13-14(6-2,7-3)8-4/h5-10H2,1-4H3. The fourth-order valence-corrected chi connectivity index (χ4v) is 4.26. The molecule has 0 aromatic heterocycles. The summed E-state index contributed by atoms with van der Waals surface area (Å²) in [7, 11) is -1.45. The zero-order chi connectivity index (χ0) is 11.0. The molecule has 0 N–H and O–H groups in total. The molecular formula is C11H24O2Si. The average Bonchev–Trinajstić information content (AvgIpc) is 2.25. The normalized spacial score (nSPS) is 11.7. The third kappa shape index (κ3) is 4.38. The molecule has 0 unspecified atom stereocenters. The van der Waals surface area contributed by atoms with E-state index in [9.17, 15) is 4.79 Å². The van der Waals surface area contributed by atoms with Crippen molar-refractivity contribution in [1.82, 2.24) is 0 Å². The van der Waals surface area contributed by atoms with Crippen LogP contribution in [-0.4, -0.2) is 20.7 Å². The predicted molar refractivity (Wildman–Crippen MR) is 63.1 cm³/mol. The SMILES string of the molecule is CCC(=O)CCO[Si](CC)(CC)CC. The fraction of sp³-hybridized carbons (Fsp3) is 0.909. The topological polar surface area (TPSA) is 26.3 Å². The molecule has 84 valence electrons. The van der Waals surface area contributed by atoms with Gasteiger partial charge in [0.2, 0.25) is 0 Å². The molecule has 0 saturated carbocycles. The summed E-state index contributed by atoms with van der Waals surface area (Å²) in [6, 6.07) is 3.50. The molecule has 0 saturated heterocycles. The molecule has 0 aliphatic carbocycles. The Labute approximate surface area is 89.2 Å². The van der Waals surface area contributed by atoms with E-state index in [0.717, 1.165) is 0 Å². The molecule has 0 aliphatic heterocycles. The van der Waals surface area contributed by atoms with Crippen LogP contribution < -0.4 is 0 Å². The number of rotatable bonds is 8. The second-order valence-electron chi connectivity index (χ2n) is 3.73. The third-order valence-corrected chi connectivity index (χ3v) is 7.80. The number of carbonyl (C=O) groups excluding carboxylic acids is 1. The Morgan fingerprint density at radius 2 is 1.57 bits per heavy atom. The van der Waals surface area contributed by atoms with Gasteiger partial charge in [-0.05, 0) is 18.1 Å². The Balaban J connectivity index is 3.88. The van der Waals surface area contributed by atoms with E-state index >= 15 is 0 Å². The molecule has 0 aromatic rings. The Morgan fingerprint density at radius 1 is 1.07 bits per heavy atom. The van der Waals surface area contributed by atoms with Gasteiger partial charge in [-0.3, -0.25) is 4.79 Å². The molecule has 0 fully saturated rings. The molecule has 0 amide bonds. The van der Waals surface area contributed by atoms with Crippen LogP contribution in [0.2, 0.25) is 18.1 Å². The minimum Gasteiger partial charge on any atom is -0.416 e. The first kappa shape index (κ1) is 13.8. The summed E-state index contributed by atoms with van der Waals surface area (Å²) < 4.78 is 5.97. The van der Waals surface area contributed by atoms with Gasteiger partial charge in [0.15, 0.2) is 8.32 Å². The summed E-state index contributed by atoms with van der Waals surface area (Å²) >= 11 is 0. The summed E-state index contributed by atoms with van der Waals surface area (Å²) in [6.45, 7) is 9.18. The van der Waals surface area contributed by atoms with Crippen molar-refractivity contribution in [3.8, 4) is 0 Å². The maximum atomic E-state index is 11.1. The molecular weight excluding hydrogens is 192 g/mol. The molecule has 2 nitrogen and oxygen atoms in total. The Hall–Kier alpha value is -0.153. The molecule has 14 heavy (non-hydrogen) atoms. The van der Waals surface area contributed by atoms with Crippen LogP contribution in [0.1, 0.15) is 40.5 Å². The maximum absolute atomic E-state index is 11.1. The van der Waals surface area contributed by atoms with E-state index in [4.69, 9.17) is 4.43 Å². The highest BCUT2D eigenvalue weighted by molar-refractivity contribution is 6.73. The van der Waals surface area contributed by atoms with Gasteiger partial charge >= 0.3 is 0 Å². The maximum Gasteiger partial charge on any atom is 0.191 e. The van der Waals surface area contributed by atoms with Crippen molar-refractivity contribution in [1.29, 1.82) is 0 Å². The molecule has 0 radical (unpaired) electrons. The van der Waals surface area contributed by atoms with Crippen molar-refractivity contribution in [2.75, 3.05) is 6.61 Å². The first-order valence-corrected chi connectivity index (χ1v) is 8.32. The lowest BCUT2D eigenvalue weighted by atomic mass is 10.2. The van der Waals surface area contributed by atoms with Crippen LogP contribution in [0.3, 0.4) is 0 Å². The lowest BCUT2D eigenvalue weighted by Gasteiger charge is -2.27. The van der Waals surface area contributed by atoms with Gasteiger partial charge in [-0.15, -0.1) is 0 Å². The Bertz CT molecular complexity index is 156. The van der Waals surface area contributed by atoms with Crippen molar-refractivity contribution in [3.05, 3.63) is 0 Å². The zero-order valence-electron chi connectivity index (χ0n) is 10.1. The van der Waals surface area contributed by atoms with Gasteiger partial charge in [0, 0.05) is 19.4 Å². The second-order valence-corrected chi connectivity index (χ2v) is 8.51. The lowest BCUT2D eigenvalue weighted by Crippen LogP contribution is -2.36. The molecule has 0 bridgehead atoms. The number of ketones is 1. The molecule has 0 rings (SSSR count). The number of carbonyl (C=O) groups is 1. The van der Waals surface area contributed by atoms with Crippen LogP contribution in [0.25, 0.3) is 0 Å². The second kappa shape index (κ2) is 7.18. The Morgan fingerprint density at radius 3 is 1.93 bits per heavy atom.